The Hall–Kier alpha value is -4.49. The van der Waals surface area contributed by atoms with Crippen LogP contribution >= 0.6 is 22.7 Å². The first-order valence-electron chi connectivity index (χ1n) is 11.6. The molecule has 2 amide bonds. The second-order valence-corrected chi connectivity index (χ2v) is 10.3. The number of hydrogen-bond donors (Lipinski definition) is 2. The largest absolute Gasteiger partial charge is 0.486 e. The fourth-order valence-electron chi connectivity index (χ4n) is 4.05. The molecule has 5 heterocycles. The molecule has 11 nitrogen and oxygen atoms in total. The molecule has 0 radical (unpaired) electrons. The first-order valence-corrected chi connectivity index (χ1v) is 13.2. The first-order chi connectivity index (χ1) is 18.6. The van der Waals surface area contributed by atoms with Crippen LogP contribution in [0.25, 0.3) is 20.4 Å². The highest BCUT2D eigenvalue weighted by atomic mass is 32.1. The fourth-order valence-corrected chi connectivity index (χ4v) is 5.79. The van der Waals surface area contributed by atoms with Gasteiger partial charge >= 0.3 is 0 Å². The number of thiazole rings is 2. The molecule has 190 valence electrons. The van der Waals surface area contributed by atoms with Crippen LogP contribution in [0.5, 0.6) is 23.0 Å². The van der Waals surface area contributed by atoms with E-state index in [4.69, 9.17) is 18.9 Å². The highest BCUT2D eigenvalue weighted by Gasteiger charge is 2.19. The molecule has 0 aliphatic carbocycles. The number of carbonyl (C=O) groups excluding carboxylic acids is 2. The van der Waals surface area contributed by atoms with E-state index in [1.54, 1.807) is 18.2 Å². The smallest absolute Gasteiger partial charge is 0.276 e. The van der Waals surface area contributed by atoms with Gasteiger partial charge in [0.1, 0.15) is 37.8 Å². The molecule has 2 N–H and O–H groups in total. The summed E-state index contributed by atoms with van der Waals surface area (Å²) in [6.07, 6.45) is 0. The zero-order valence-electron chi connectivity index (χ0n) is 19.5. The third-order valence-corrected chi connectivity index (χ3v) is 7.63. The fraction of sp³-hybridized carbons (Fsp3) is 0.160. The maximum absolute atomic E-state index is 12.9. The van der Waals surface area contributed by atoms with Crippen LogP contribution in [-0.2, 0) is 0 Å². The van der Waals surface area contributed by atoms with E-state index in [-0.39, 0.29) is 11.4 Å². The molecule has 3 aromatic heterocycles. The number of benzene rings is 2. The Morgan fingerprint density at radius 2 is 1.05 bits per heavy atom. The highest BCUT2D eigenvalue weighted by molar-refractivity contribution is 7.22. The summed E-state index contributed by atoms with van der Waals surface area (Å²) in [4.78, 5) is 39.0. The van der Waals surface area contributed by atoms with E-state index in [0.717, 1.165) is 9.40 Å². The van der Waals surface area contributed by atoms with Gasteiger partial charge in [0.25, 0.3) is 11.8 Å². The van der Waals surface area contributed by atoms with Crippen LogP contribution < -0.4 is 29.6 Å². The van der Waals surface area contributed by atoms with E-state index in [1.165, 1.54) is 34.8 Å². The summed E-state index contributed by atoms with van der Waals surface area (Å²) in [5.74, 6) is 1.59. The van der Waals surface area contributed by atoms with Gasteiger partial charge in [0.2, 0.25) is 0 Å². The van der Waals surface area contributed by atoms with E-state index in [0.29, 0.717) is 70.7 Å². The topological polar surface area (TPSA) is 134 Å². The van der Waals surface area contributed by atoms with Gasteiger partial charge in [-0.05, 0) is 12.1 Å². The Balaban J connectivity index is 1.08. The third kappa shape index (κ3) is 4.21. The monoisotopic (exact) mass is 547 g/mol. The summed E-state index contributed by atoms with van der Waals surface area (Å²) in [5.41, 5.74) is 1.53. The lowest BCUT2D eigenvalue weighted by Gasteiger charge is -2.17. The number of nitrogens with one attached hydrogen (secondary N) is 2. The van der Waals surface area contributed by atoms with E-state index in [2.05, 4.69) is 25.6 Å². The van der Waals surface area contributed by atoms with Crippen molar-refractivity contribution in [2.75, 3.05) is 37.1 Å². The molecule has 2 aliphatic rings. The van der Waals surface area contributed by atoms with Crippen LogP contribution in [0.2, 0.25) is 0 Å². The lowest BCUT2D eigenvalue weighted by molar-refractivity contribution is 0.101. The molecule has 13 heteroatoms. The Bertz CT molecular complexity index is 1540. The molecule has 0 fully saturated rings. The van der Waals surface area contributed by atoms with Crippen molar-refractivity contribution in [2.45, 2.75) is 0 Å². The van der Waals surface area contributed by atoms with Gasteiger partial charge in [-0.25, -0.2) is 15.0 Å². The van der Waals surface area contributed by atoms with Crippen molar-refractivity contribution in [1.82, 2.24) is 15.0 Å². The van der Waals surface area contributed by atoms with Crippen molar-refractivity contribution in [1.29, 1.82) is 0 Å². The maximum Gasteiger partial charge on any atom is 0.276 e. The van der Waals surface area contributed by atoms with Gasteiger partial charge in [-0.3, -0.25) is 20.2 Å². The van der Waals surface area contributed by atoms with Crippen molar-refractivity contribution in [3.63, 3.8) is 0 Å². The third-order valence-electron chi connectivity index (χ3n) is 5.76. The standard InChI is InChI=1S/C25H17N5O6S2/c31-22(29-24-27-14-8-16-18(10-20(14)37-24)35-6-4-33-16)12-2-1-3-13(26-12)23(32)30-25-28-15-9-17-19(11-21(15)38-25)36-7-5-34-17/h1-3,8-11H,4-7H2,(H,27,29,31)(H,28,30,32). The second kappa shape index (κ2) is 9.11. The first kappa shape index (κ1) is 22.7. The number of amides is 2. The Kier molecular flexibility index (Phi) is 5.44. The lowest BCUT2D eigenvalue weighted by atomic mass is 10.2. The van der Waals surface area contributed by atoms with Crippen molar-refractivity contribution < 1.29 is 28.5 Å². The van der Waals surface area contributed by atoms with Gasteiger partial charge in [0.15, 0.2) is 33.3 Å². The Labute approximate surface area is 222 Å². The van der Waals surface area contributed by atoms with Crippen LogP contribution in [-0.4, -0.2) is 53.2 Å². The van der Waals surface area contributed by atoms with Gasteiger partial charge < -0.3 is 18.9 Å². The van der Waals surface area contributed by atoms with Gasteiger partial charge in [0.05, 0.1) is 20.4 Å². The Morgan fingerprint density at radius 3 is 1.50 bits per heavy atom. The summed E-state index contributed by atoms with van der Waals surface area (Å²) in [5, 5.41) is 6.31. The predicted octanol–water partition coefficient (Wildman–Crippen LogP) is 4.35. The number of pyridine rings is 1. The van der Waals surface area contributed by atoms with Gasteiger partial charge in [-0.1, -0.05) is 28.7 Å². The van der Waals surface area contributed by atoms with Gasteiger partial charge in [0, 0.05) is 24.3 Å². The number of ether oxygens (including phenoxy) is 4. The molecule has 0 unspecified atom stereocenters. The molecule has 2 aliphatic heterocycles. The summed E-state index contributed by atoms with van der Waals surface area (Å²) >= 11 is 2.61. The number of nitrogens with zero attached hydrogens (tertiary/aromatic N) is 3. The molecule has 5 aromatic rings. The maximum atomic E-state index is 12.9. The number of rotatable bonds is 4. The highest BCUT2D eigenvalue weighted by Crippen LogP contribution is 2.39. The second-order valence-electron chi connectivity index (χ2n) is 8.28. The van der Waals surface area contributed by atoms with Gasteiger partial charge in [-0.2, -0.15) is 0 Å². The summed E-state index contributed by atoms with van der Waals surface area (Å²) in [6, 6.07) is 11.9. The van der Waals surface area contributed by atoms with Crippen LogP contribution in [0.15, 0.2) is 42.5 Å². The minimum Gasteiger partial charge on any atom is -0.486 e. The van der Waals surface area contributed by atoms with Crippen molar-refractivity contribution in [3.8, 4) is 23.0 Å². The number of fused-ring (bicyclic) bond motifs is 4. The van der Waals surface area contributed by atoms with Crippen LogP contribution in [0.1, 0.15) is 21.0 Å². The molecular formula is C25H17N5O6S2. The number of carbonyl (C=O) groups is 2. The zero-order chi connectivity index (χ0) is 25.6. The minimum atomic E-state index is -0.485. The van der Waals surface area contributed by atoms with E-state index in [1.807, 2.05) is 12.1 Å². The molecule has 0 saturated heterocycles. The SMILES string of the molecule is O=C(Nc1nc2cc3c(cc2s1)OCCO3)c1cccc(C(=O)Nc2nc3cc4c(cc3s2)OCCO4)n1. The van der Waals surface area contributed by atoms with Crippen LogP contribution in [0.3, 0.4) is 0 Å². The predicted molar refractivity (Wildman–Crippen MR) is 141 cm³/mol. The number of aromatic nitrogens is 3. The van der Waals surface area contributed by atoms with E-state index >= 15 is 0 Å². The summed E-state index contributed by atoms with van der Waals surface area (Å²) in [7, 11) is 0. The normalized spacial score (nSPS) is 13.9. The average Bonchev–Trinajstić information content (AvgIpc) is 3.51. The van der Waals surface area contributed by atoms with E-state index in [9.17, 15) is 9.59 Å². The average molecular weight is 548 g/mol. The quantitative estimate of drug-likeness (QED) is 0.337. The van der Waals surface area contributed by atoms with Crippen molar-refractivity contribution in [3.05, 3.63) is 53.9 Å². The van der Waals surface area contributed by atoms with Crippen LogP contribution in [0.4, 0.5) is 10.3 Å². The molecule has 0 saturated carbocycles. The van der Waals surface area contributed by atoms with Crippen molar-refractivity contribution in [2.24, 2.45) is 0 Å². The molecule has 38 heavy (non-hydrogen) atoms. The molecule has 0 atom stereocenters. The molecule has 7 rings (SSSR count). The molecule has 2 aromatic carbocycles. The lowest BCUT2D eigenvalue weighted by Crippen LogP contribution is -2.18. The summed E-state index contributed by atoms with van der Waals surface area (Å²) < 4.78 is 24.1. The molecular weight excluding hydrogens is 530 g/mol. The number of hydrogen-bond acceptors (Lipinski definition) is 11. The molecule has 0 spiro atoms. The summed E-state index contributed by atoms with van der Waals surface area (Å²) in [6.45, 7) is 1.93. The van der Waals surface area contributed by atoms with E-state index < -0.39 is 11.8 Å². The van der Waals surface area contributed by atoms with Crippen LogP contribution in [0, 0.1) is 0 Å². The zero-order valence-corrected chi connectivity index (χ0v) is 21.1. The van der Waals surface area contributed by atoms with Gasteiger partial charge in [-0.15, -0.1) is 0 Å². The number of anilines is 2. The molecule has 0 bridgehead atoms. The van der Waals surface area contributed by atoms with Crippen molar-refractivity contribution >= 4 is 65.2 Å². The Morgan fingerprint density at radius 1 is 0.632 bits per heavy atom. The minimum absolute atomic E-state index is 0.0779.